The Morgan fingerprint density at radius 1 is 1.29 bits per heavy atom. The Bertz CT molecular complexity index is 284. The first-order chi connectivity index (χ1) is 6.86. The number of carbonyl (C=O) groups excluding carboxylic acids is 1. The topological polar surface area (TPSA) is 20.3 Å². The van der Waals surface area contributed by atoms with Crippen molar-refractivity contribution in [2.24, 2.45) is 17.8 Å². The molecule has 0 saturated carbocycles. The van der Waals surface area contributed by atoms with Crippen molar-refractivity contribution < 1.29 is 4.79 Å². The molecule has 3 unspecified atom stereocenters. The maximum Gasteiger partial charge on any atom is 0.226 e. The van der Waals surface area contributed by atoms with Gasteiger partial charge >= 0.3 is 0 Å². The first-order valence-electron chi connectivity index (χ1n) is 5.82. The largest absolute Gasteiger partial charge is 0.342 e. The first-order valence-corrected chi connectivity index (χ1v) is 5.82. The molecule has 14 heavy (non-hydrogen) atoms. The summed E-state index contributed by atoms with van der Waals surface area (Å²) in [6, 6.07) is 0. The van der Waals surface area contributed by atoms with Gasteiger partial charge in [0.25, 0.3) is 0 Å². The smallest absolute Gasteiger partial charge is 0.226 e. The zero-order valence-corrected chi connectivity index (χ0v) is 8.48. The lowest BCUT2D eigenvalue weighted by atomic mass is 9.71. The summed E-state index contributed by atoms with van der Waals surface area (Å²) in [4.78, 5) is 14.2. The van der Waals surface area contributed by atoms with Crippen LogP contribution < -0.4 is 0 Å². The number of piperidine rings is 1. The molecular formula is C12H17NO. The molecule has 2 heterocycles. The van der Waals surface area contributed by atoms with Gasteiger partial charge in [0.2, 0.25) is 5.91 Å². The Kier molecular flexibility index (Phi) is 1.89. The monoisotopic (exact) mass is 191 g/mol. The van der Waals surface area contributed by atoms with E-state index in [2.05, 4.69) is 17.1 Å². The van der Waals surface area contributed by atoms with Crippen LogP contribution in [0.3, 0.4) is 0 Å². The van der Waals surface area contributed by atoms with Gasteiger partial charge in [-0.2, -0.15) is 0 Å². The molecule has 0 aromatic rings. The number of amides is 1. The minimum absolute atomic E-state index is 0.344. The van der Waals surface area contributed by atoms with Gasteiger partial charge in [-0.15, -0.1) is 0 Å². The molecule has 0 radical (unpaired) electrons. The zero-order valence-electron chi connectivity index (χ0n) is 8.48. The van der Waals surface area contributed by atoms with Crippen molar-refractivity contribution in [1.82, 2.24) is 4.90 Å². The Morgan fingerprint density at radius 2 is 2.21 bits per heavy atom. The van der Waals surface area contributed by atoms with Gasteiger partial charge in [0.05, 0.1) is 0 Å². The summed E-state index contributed by atoms with van der Waals surface area (Å²) < 4.78 is 0. The van der Waals surface area contributed by atoms with Crippen LogP contribution in [-0.2, 0) is 4.79 Å². The number of nitrogens with zero attached hydrogens (tertiary/aromatic N) is 1. The van der Waals surface area contributed by atoms with Crippen molar-refractivity contribution in [2.45, 2.75) is 25.7 Å². The van der Waals surface area contributed by atoms with Gasteiger partial charge < -0.3 is 4.90 Å². The molecule has 3 atom stereocenters. The van der Waals surface area contributed by atoms with E-state index in [1.807, 2.05) is 0 Å². The third kappa shape index (κ3) is 1.13. The summed E-state index contributed by atoms with van der Waals surface area (Å²) in [5.41, 5.74) is 0. The summed E-state index contributed by atoms with van der Waals surface area (Å²) >= 11 is 0. The highest BCUT2D eigenvalue weighted by atomic mass is 16.2. The Morgan fingerprint density at radius 3 is 3.14 bits per heavy atom. The zero-order chi connectivity index (χ0) is 9.54. The highest BCUT2D eigenvalue weighted by Crippen LogP contribution is 2.41. The van der Waals surface area contributed by atoms with Crippen LogP contribution >= 0.6 is 0 Å². The quantitative estimate of drug-likeness (QED) is 0.535. The predicted molar refractivity (Wildman–Crippen MR) is 54.7 cm³/mol. The van der Waals surface area contributed by atoms with Gasteiger partial charge in [-0.3, -0.25) is 4.79 Å². The highest BCUT2D eigenvalue weighted by Gasteiger charge is 2.42. The van der Waals surface area contributed by atoms with Crippen LogP contribution in [0.25, 0.3) is 0 Å². The van der Waals surface area contributed by atoms with E-state index >= 15 is 0 Å². The van der Waals surface area contributed by atoms with Gasteiger partial charge in [0.15, 0.2) is 0 Å². The van der Waals surface area contributed by atoms with Crippen LogP contribution in [0.2, 0.25) is 0 Å². The summed E-state index contributed by atoms with van der Waals surface area (Å²) in [6.45, 7) is 2.02. The van der Waals surface area contributed by atoms with Gasteiger partial charge in [0.1, 0.15) is 0 Å². The van der Waals surface area contributed by atoms with Crippen molar-refractivity contribution in [3.8, 4) is 0 Å². The number of hydrogen-bond acceptors (Lipinski definition) is 1. The second kappa shape index (κ2) is 3.11. The van der Waals surface area contributed by atoms with E-state index < -0.39 is 0 Å². The van der Waals surface area contributed by atoms with Crippen LogP contribution in [0, 0.1) is 17.8 Å². The van der Waals surface area contributed by atoms with Crippen molar-refractivity contribution in [1.29, 1.82) is 0 Å². The molecule has 3 aliphatic rings. The van der Waals surface area contributed by atoms with Gasteiger partial charge in [0, 0.05) is 19.0 Å². The number of allylic oxidation sites excluding steroid dienone is 2. The summed E-state index contributed by atoms with van der Waals surface area (Å²) in [5.74, 6) is 2.02. The Labute approximate surface area is 85.0 Å². The fourth-order valence-corrected chi connectivity index (χ4v) is 3.38. The molecule has 2 fully saturated rings. The third-order valence-corrected chi connectivity index (χ3v) is 4.12. The molecule has 3 rings (SSSR count). The van der Waals surface area contributed by atoms with Gasteiger partial charge in [-0.25, -0.2) is 0 Å². The lowest BCUT2D eigenvalue weighted by Gasteiger charge is -2.39. The Balaban J connectivity index is 1.98. The van der Waals surface area contributed by atoms with Crippen LogP contribution in [0.1, 0.15) is 25.7 Å². The minimum atomic E-state index is 0.344. The van der Waals surface area contributed by atoms with E-state index in [0.29, 0.717) is 23.7 Å². The number of hydrogen-bond donors (Lipinski definition) is 0. The summed E-state index contributed by atoms with van der Waals surface area (Å²) in [6.07, 6.45) is 9.40. The lowest BCUT2D eigenvalue weighted by Crippen LogP contribution is -2.47. The number of carbonyl (C=O) groups is 1. The van der Waals surface area contributed by atoms with E-state index in [0.717, 1.165) is 19.5 Å². The lowest BCUT2D eigenvalue weighted by molar-refractivity contribution is -0.141. The molecule has 0 N–H and O–H groups in total. The minimum Gasteiger partial charge on any atom is -0.342 e. The van der Waals surface area contributed by atoms with Gasteiger partial charge in [-0.05, 0) is 37.5 Å². The van der Waals surface area contributed by atoms with Crippen LogP contribution in [0.5, 0.6) is 0 Å². The third-order valence-electron chi connectivity index (χ3n) is 4.12. The van der Waals surface area contributed by atoms with Gasteiger partial charge in [-0.1, -0.05) is 12.2 Å². The molecule has 0 aromatic carbocycles. The Hall–Kier alpha value is -0.790. The maximum atomic E-state index is 12.1. The van der Waals surface area contributed by atoms with E-state index in [4.69, 9.17) is 0 Å². The number of fused-ring (bicyclic) bond motifs is 1. The molecule has 0 spiro atoms. The molecule has 2 nitrogen and oxygen atoms in total. The molecule has 0 aromatic heterocycles. The molecule has 2 heteroatoms. The fourth-order valence-electron chi connectivity index (χ4n) is 3.38. The molecular weight excluding hydrogens is 174 g/mol. The molecule has 1 amide bonds. The van der Waals surface area contributed by atoms with E-state index in [1.165, 1.54) is 19.3 Å². The highest BCUT2D eigenvalue weighted by molar-refractivity contribution is 5.81. The van der Waals surface area contributed by atoms with E-state index in [1.54, 1.807) is 0 Å². The van der Waals surface area contributed by atoms with E-state index in [-0.39, 0.29) is 0 Å². The van der Waals surface area contributed by atoms with Crippen molar-refractivity contribution in [3.05, 3.63) is 12.2 Å². The second-order valence-electron chi connectivity index (χ2n) is 4.87. The normalized spacial score (nSPS) is 41.0. The molecule has 2 aliphatic heterocycles. The van der Waals surface area contributed by atoms with Crippen molar-refractivity contribution >= 4 is 5.91 Å². The van der Waals surface area contributed by atoms with Crippen LogP contribution in [0.4, 0.5) is 0 Å². The number of rotatable bonds is 0. The summed E-state index contributed by atoms with van der Waals surface area (Å²) in [7, 11) is 0. The van der Waals surface area contributed by atoms with Crippen LogP contribution in [0.15, 0.2) is 12.2 Å². The molecule has 2 saturated heterocycles. The maximum absolute atomic E-state index is 12.1. The average Bonchev–Trinajstić information content (AvgIpc) is 2.33. The summed E-state index contributed by atoms with van der Waals surface area (Å²) in [5, 5.41) is 0. The average molecular weight is 191 g/mol. The second-order valence-corrected chi connectivity index (χ2v) is 4.87. The van der Waals surface area contributed by atoms with Crippen LogP contribution in [-0.4, -0.2) is 23.9 Å². The molecule has 76 valence electrons. The van der Waals surface area contributed by atoms with Crippen molar-refractivity contribution in [2.75, 3.05) is 13.1 Å². The molecule has 1 aliphatic carbocycles. The van der Waals surface area contributed by atoms with Crippen molar-refractivity contribution in [3.63, 3.8) is 0 Å². The SMILES string of the molecule is O=C1C2C3C=CCC2CCN1CCC3. The predicted octanol–water partition coefficient (Wildman–Crippen LogP) is 1.82. The first kappa shape index (κ1) is 8.51. The van der Waals surface area contributed by atoms with E-state index in [9.17, 15) is 4.79 Å². The fraction of sp³-hybridized carbons (Fsp3) is 0.750. The standard InChI is InChI=1S/C12H17NO/c14-12-11-9-3-1-4-10(11)6-8-13(12)7-2-5-9/h1,3,9-11H,2,4-8H2. The molecule has 2 bridgehead atoms.